The van der Waals surface area contributed by atoms with E-state index < -0.39 is 0 Å². The summed E-state index contributed by atoms with van der Waals surface area (Å²) < 4.78 is 6.49. The molecule has 0 fully saturated rings. The fourth-order valence-electron chi connectivity index (χ4n) is 1.42. The molecule has 0 saturated carbocycles. The summed E-state index contributed by atoms with van der Waals surface area (Å²) in [4.78, 5) is 11.9. The highest BCUT2D eigenvalue weighted by Gasteiger charge is 2.06. The molecule has 0 saturated heterocycles. The Labute approximate surface area is 124 Å². The molecule has 2 aromatic rings. The largest absolute Gasteiger partial charge is 0.485 e. The zero-order chi connectivity index (χ0) is 13.0. The number of hydrogen-bond donors (Lipinski definition) is 0. The molecule has 18 heavy (non-hydrogen) atoms. The van der Waals surface area contributed by atoms with Crippen LogP contribution in [0.4, 0.5) is 0 Å². The summed E-state index contributed by atoms with van der Waals surface area (Å²) in [5, 5.41) is 0.592. The zero-order valence-corrected chi connectivity index (χ0v) is 12.3. The van der Waals surface area contributed by atoms with Gasteiger partial charge in [0.1, 0.15) is 5.75 Å². The van der Waals surface area contributed by atoms with Crippen molar-refractivity contribution in [2.24, 2.45) is 0 Å². The van der Waals surface area contributed by atoms with E-state index in [0.717, 1.165) is 3.57 Å². The van der Waals surface area contributed by atoms with Gasteiger partial charge in [-0.1, -0.05) is 29.8 Å². The predicted octanol–water partition coefficient (Wildman–Crippen LogP) is 4.21. The van der Waals surface area contributed by atoms with Gasteiger partial charge >= 0.3 is 0 Å². The number of carbonyl (C=O) groups excluding carboxylic acids is 1. The van der Waals surface area contributed by atoms with Gasteiger partial charge in [-0.15, -0.1) is 0 Å². The van der Waals surface area contributed by atoms with Gasteiger partial charge in [0.2, 0.25) is 0 Å². The zero-order valence-electron chi connectivity index (χ0n) is 9.40. The summed E-state index contributed by atoms with van der Waals surface area (Å²) in [7, 11) is 0. The molecule has 4 heteroatoms. The molecule has 0 spiro atoms. The summed E-state index contributed by atoms with van der Waals surface area (Å²) in [6, 6.07) is 14.4. The van der Waals surface area contributed by atoms with E-state index in [0.29, 0.717) is 16.3 Å². The maximum Gasteiger partial charge on any atom is 0.200 e. The van der Waals surface area contributed by atoms with Crippen molar-refractivity contribution in [3.8, 4) is 5.75 Å². The number of carbonyl (C=O) groups is 1. The van der Waals surface area contributed by atoms with Crippen molar-refractivity contribution in [1.82, 2.24) is 0 Å². The molecule has 0 aromatic heterocycles. The van der Waals surface area contributed by atoms with Gasteiger partial charge in [0, 0.05) is 14.2 Å². The summed E-state index contributed by atoms with van der Waals surface area (Å²) in [6.45, 7) is 0.0148. The van der Waals surface area contributed by atoms with Crippen LogP contribution in [0.1, 0.15) is 10.4 Å². The Balaban J connectivity index is 1.98. The van der Waals surface area contributed by atoms with Gasteiger partial charge in [0.15, 0.2) is 12.4 Å². The lowest BCUT2D eigenvalue weighted by molar-refractivity contribution is 0.0921. The summed E-state index contributed by atoms with van der Waals surface area (Å²) in [6.07, 6.45) is 0. The molecular weight excluding hydrogens is 363 g/mol. The summed E-state index contributed by atoms with van der Waals surface area (Å²) >= 11 is 8.03. The number of rotatable bonds is 4. The fraction of sp³-hybridized carbons (Fsp3) is 0.0714. The second-order valence-corrected chi connectivity index (χ2v) is 5.36. The third kappa shape index (κ3) is 3.71. The van der Waals surface area contributed by atoms with Gasteiger partial charge in [-0.3, -0.25) is 4.79 Å². The van der Waals surface area contributed by atoms with Crippen LogP contribution in [0.2, 0.25) is 5.02 Å². The van der Waals surface area contributed by atoms with Crippen LogP contribution < -0.4 is 4.74 Å². The van der Waals surface area contributed by atoms with Crippen molar-refractivity contribution in [2.45, 2.75) is 0 Å². The van der Waals surface area contributed by atoms with Crippen LogP contribution >= 0.6 is 34.2 Å². The van der Waals surface area contributed by atoms with Crippen LogP contribution in [-0.2, 0) is 0 Å². The first kappa shape index (κ1) is 13.4. The molecule has 0 bridgehead atoms. The van der Waals surface area contributed by atoms with Crippen LogP contribution in [0, 0.1) is 3.57 Å². The monoisotopic (exact) mass is 372 g/mol. The number of benzene rings is 2. The van der Waals surface area contributed by atoms with E-state index >= 15 is 0 Å². The minimum atomic E-state index is -0.0497. The molecule has 2 rings (SSSR count). The van der Waals surface area contributed by atoms with Crippen LogP contribution in [0.5, 0.6) is 5.75 Å². The highest BCUT2D eigenvalue weighted by molar-refractivity contribution is 14.1. The van der Waals surface area contributed by atoms with Crippen LogP contribution in [0.25, 0.3) is 0 Å². The van der Waals surface area contributed by atoms with Crippen molar-refractivity contribution in [3.05, 3.63) is 62.7 Å². The molecule has 0 heterocycles. The van der Waals surface area contributed by atoms with Crippen molar-refractivity contribution >= 4 is 40.0 Å². The molecular formula is C14H10ClIO2. The van der Waals surface area contributed by atoms with Gasteiger partial charge in [-0.05, 0) is 52.9 Å². The van der Waals surface area contributed by atoms with E-state index in [9.17, 15) is 4.79 Å². The molecule has 92 valence electrons. The third-order valence-corrected chi connectivity index (χ3v) is 3.29. The maximum atomic E-state index is 11.9. The van der Waals surface area contributed by atoms with Crippen molar-refractivity contribution in [2.75, 3.05) is 6.61 Å². The Bertz CT molecular complexity index is 552. The van der Waals surface area contributed by atoms with Gasteiger partial charge in [0.25, 0.3) is 0 Å². The lowest BCUT2D eigenvalue weighted by atomic mass is 10.1. The maximum absolute atomic E-state index is 11.9. The standard InChI is InChI=1S/C14H10ClIO2/c15-11-2-1-3-13(8-11)18-9-14(17)10-4-6-12(16)7-5-10/h1-8H,9H2. The number of hydrogen-bond acceptors (Lipinski definition) is 2. The topological polar surface area (TPSA) is 26.3 Å². The lowest BCUT2D eigenvalue weighted by Crippen LogP contribution is -2.11. The molecule has 0 aliphatic heterocycles. The van der Waals surface area contributed by atoms with E-state index in [1.807, 2.05) is 12.1 Å². The van der Waals surface area contributed by atoms with E-state index in [4.69, 9.17) is 16.3 Å². The number of ketones is 1. The van der Waals surface area contributed by atoms with E-state index in [-0.39, 0.29) is 12.4 Å². The smallest absolute Gasteiger partial charge is 0.200 e. The molecule has 0 aliphatic rings. The highest BCUT2D eigenvalue weighted by atomic mass is 127. The number of ether oxygens (including phenoxy) is 1. The lowest BCUT2D eigenvalue weighted by Gasteiger charge is -2.05. The van der Waals surface area contributed by atoms with Gasteiger partial charge < -0.3 is 4.74 Å². The van der Waals surface area contributed by atoms with E-state index in [1.54, 1.807) is 36.4 Å². The SMILES string of the molecule is O=C(COc1cccc(Cl)c1)c1ccc(I)cc1. The second-order valence-electron chi connectivity index (χ2n) is 3.68. The van der Waals surface area contributed by atoms with E-state index in [2.05, 4.69) is 22.6 Å². The van der Waals surface area contributed by atoms with Crippen LogP contribution in [0.15, 0.2) is 48.5 Å². The Morgan fingerprint density at radius 1 is 1.17 bits per heavy atom. The average molecular weight is 373 g/mol. The van der Waals surface area contributed by atoms with Crippen LogP contribution in [0.3, 0.4) is 0 Å². The molecule has 0 atom stereocenters. The average Bonchev–Trinajstić information content (AvgIpc) is 2.37. The first-order valence-corrected chi connectivity index (χ1v) is 6.78. The molecule has 0 N–H and O–H groups in total. The number of Topliss-reactive ketones (excluding diaryl/α,β-unsaturated/α-hetero) is 1. The van der Waals surface area contributed by atoms with Crippen LogP contribution in [-0.4, -0.2) is 12.4 Å². The molecule has 0 amide bonds. The Morgan fingerprint density at radius 3 is 2.56 bits per heavy atom. The van der Waals surface area contributed by atoms with Gasteiger partial charge in [-0.25, -0.2) is 0 Å². The first-order chi connectivity index (χ1) is 8.65. The molecule has 2 nitrogen and oxygen atoms in total. The minimum Gasteiger partial charge on any atom is -0.485 e. The van der Waals surface area contributed by atoms with Crippen molar-refractivity contribution < 1.29 is 9.53 Å². The number of halogens is 2. The van der Waals surface area contributed by atoms with Gasteiger partial charge in [-0.2, -0.15) is 0 Å². The quantitative estimate of drug-likeness (QED) is 0.594. The summed E-state index contributed by atoms with van der Waals surface area (Å²) in [5.41, 5.74) is 0.650. The molecule has 0 aliphatic carbocycles. The third-order valence-electron chi connectivity index (χ3n) is 2.33. The van der Waals surface area contributed by atoms with E-state index in [1.165, 1.54) is 0 Å². The molecule has 0 unspecified atom stereocenters. The highest BCUT2D eigenvalue weighted by Crippen LogP contribution is 2.17. The second kappa shape index (κ2) is 6.20. The van der Waals surface area contributed by atoms with Crippen molar-refractivity contribution in [3.63, 3.8) is 0 Å². The molecule has 0 radical (unpaired) electrons. The first-order valence-electron chi connectivity index (χ1n) is 5.32. The molecule has 2 aromatic carbocycles. The normalized spacial score (nSPS) is 10.1. The Kier molecular flexibility index (Phi) is 4.60. The Hall–Kier alpha value is -1.07. The summed E-state index contributed by atoms with van der Waals surface area (Å²) in [5.74, 6) is 0.549. The Morgan fingerprint density at radius 2 is 1.89 bits per heavy atom. The van der Waals surface area contributed by atoms with Crippen molar-refractivity contribution in [1.29, 1.82) is 0 Å². The predicted molar refractivity (Wildman–Crippen MR) is 80.4 cm³/mol. The minimum absolute atomic E-state index is 0.0148. The fourth-order valence-corrected chi connectivity index (χ4v) is 1.96. The van der Waals surface area contributed by atoms with Gasteiger partial charge in [0.05, 0.1) is 0 Å².